The number of ether oxygens (including phenoxy) is 3. The summed E-state index contributed by atoms with van der Waals surface area (Å²) in [6.07, 6.45) is 10.5. The predicted molar refractivity (Wildman–Crippen MR) is 222 cm³/mol. The second kappa shape index (κ2) is 17.2. The van der Waals surface area contributed by atoms with Crippen LogP contribution in [0.25, 0.3) is 11.1 Å². The molecule has 1 saturated heterocycles. The van der Waals surface area contributed by atoms with Gasteiger partial charge in [-0.1, -0.05) is 12.1 Å². The van der Waals surface area contributed by atoms with Crippen LogP contribution in [0.4, 0.5) is 22.7 Å². The molecule has 2 aliphatic heterocycles. The quantitative estimate of drug-likeness (QED) is 0.0934. The third-order valence-electron chi connectivity index (χ3n) is 10.4. The Kier molecular flexibility index (Phi) is 11.7. The van der Waals surface area contributed by atoms with E-state index in [4.69, 9.17) is 14.2 Å². The van der Waals surface area contributed by atoms with Gasteiger partial charge in [-0.05, 0) is 67.6 Å². The van der Waals surface area contributed by atoms with Gasteiger partial charge < -0.3 is 48.8 Å². The molecule has 1 atom stereocenters. The highest BCUT2D eigenvalue weighted by molar-refractivity contribution is 6.06. The number of benzene rings is 2. The van der Waals surface area contributed by atoms with Crippen LogP contribution in [0, 0.1) is 0 Å². The number of nitrogens with zero attached hydrogens (tertiary/aromatic N) is 5. The van der Waals surface area contributed by atoms with Crippen LogP contribution in [0.5, 0.6) is 11.5 Å². The zero-order valence-corrected chi connectivity index (χ0v) is 33.5. The predicted octanol–water partition coefficient (Wildman–Crippen LogP) is 6.18. The van der Waals surface area contributed by atoms with Crippen molar-refractivity contribution in [3.8, 4) is 22.6 Å². The minimum Gasteiger partial charge on any atom is -0.493 e. The first-order chi connectivity index (χ1) is 28.4. The number of methoxy groups -OCH3 is 2. The Balaban J connectivity index is 0.899. The van der Waals surface area contributed by atoms with Crippen molar-refractivity contribution in [2.45, 2.75) is 38.1 Å². The molecular formula is C43H46N8O8. The monoisotopic (exact) mass is 802 g/mol. The molecule has 0 radical (unpaired) electrons. The molecule has 2 aromatic carbocycles. The molecule has 3 aromatic heterocycles. The first kappa shape index (κ1) is 40.1. The maximum absolute atomic E-state index is 13.3. The summed E-state index contributed by atoms with van der Waals surface area (Å²) in [5, 5.41) is 8.57. The third kappa shape index (κ3) is 8.76. The molecule has 4 amide bonds. The van der Waals surface area contributed by atoms with Gasteiger partial charge in [-0.3, -0.25) is 24.2 Å². The summed E-state index contributed by atoms with van der Waals surface area (Å²) >= 11 is 0. The molecule has 2 aliphatic rings. The topological polar surface area (TPSA) is 180 Å². The maximum atomic E-state index is 13.3. The number of fused-ring (bicyclic) bond motifs is 2. The van der Waals surface area contributed by atoms with Crippen LogP contribution in [0.15, 0.2) is 78.2 Å². The number of aromatic nitrogens is 3. The first-order valence-electron chi connectivity index (χ1n) is 19.2. The van der Waals surface area contributed by atoms with Crippen molar-refractivity contribution in [1.82, 2.24) is 18.6 Å². The number of aliphatic imine (C=N–C) groups is 1. The molecule has 0 aliphatic carbocycles. The van der Waals surface area contributed by atoms with E-state index in [-0.39, 0.29) is 42.7 Å². The van der Waals surface area contributed by atoms with Crippen molar-refractivity contribution in [3.63, 3.8) is 0 Å². The number of hydrogen-bond donors (Lipinski definition) is 3. The van der Waals surface area contributed by atoms with Crippen molar-refractivity contribution < 1.29 is 38.2 Å². The van der Waals surface area contributed by atoms with Gasteiger partial charge in [0.25, 0.3) is 17.7 Å². The van der Waals surface area contributed by atoms with Gasteiger partial charge in [0, 0.05) is 76.2 Å². The van der Waals surface area contributed by atoms with E-state index >= 15 is 0 Å². The summed E-state index contributed by atoms with van der Waals surface area (Å²) in [5.41, 5.74) is 5.20. The molecular weight excluding hydrogens is 757 g/mol. The number of carbonyl (C=O) groups excluding carboxylic acids is 5. The SMILES string of the molecule is COC(=O)c1cc(NC(=O)c2cc(-c3ccc(NC(=O)c4cc(NC(=O)CCCOc5cc6c(cc5OC)C(=O)N5CCCC[C@H]5C=N6)cn4C)cc3)cn2C)cn1C. The molecule has 5 heterocycles. The second-order valence-corrected chi connectivity index (χ2v) is 14.5. The average molecular weight is 803 g/mol. The molecule has 0 unspecified atom stereocenters. The highest BCUT2D eigenvalue weighted by Crippen LogP contribution is 2.38. The summed E-state index contributed by atoms with van der Waals surface area (Å²) in [7, 11) is 7.99. The number of nitrogens with one attached hydrogen (secondary N) is 3. The van der Waals surface area contributed by atoms with E-state index in [1.165, 1.54) is 14.2 Å². The van der Waals surface area contributed by atoms with Crippen molar-refractivity contribution in [1.29, 1.82) is 0 Å². The number of anilines is 3. The molecule has 306 valence electrons. The highest BCUT2D eigenvalue weighted by atomic mass is 16.5. The Bertz CT molecular complexity index is 2460. The van der Waals surface area contributed by atoms with Crippen LogP contribution in [0.3, 0.4) is 0 Å². The van der Waals surface area contributed by atoms with E-state index < -0.39 is 5.97 Å². The van der Waals surface area contributed by atoms with E-state index in [2.05, 4.69) is 20.9 Å². The second-order valence-electron chi connectivity index (χ2n) is 14.5. The molecule has 59 heavy (non-hydrogen) atoms. The van der Waals surface area contributed by atoms with Crippen LogP contribution >= 0.6 is 0 Å². The van der Waals surface area contributed by atoms with Crippen molar-refractivity contribution in [2.24, 2.45) is 26.1 Å². The average Bonchev–Trinajstić information content (AvgIpc) is 3.90. The molecule has 0 spiro atoms. The standard InChI is InChI=1S/C43H46N8O8/c1-48-23-27(17-34(48)40(53)47-30-19-36(43(56)58-5)50(3)25-30)26-11-13-28(14-12-26)46-41(54)35-18-29(24-49(35)2)45-39(52)10-8-16-59-38-21-33-32(20-37(38)57-4)42(55)51-15-7-6-9-31(51)22-44-33/h11-14,17-25,31H,6-10,15-16H2,1-5H3,(H,45,52)(H,46,54)(H,47,53)/t31-/m0/s1. The van der Waals surface area contributed by atoms with Crippen molar-refractivity contribution >= 4 is 58.6 Å². The fourth-order valence-electron chi connectivity index (χ4n) is 7.31. The molecule has 0 bridgehead atoms. The van der Waals surface area contributed by atoms with Gasteiger partial charge in [-0.15, -0.1) is 0 Å². The zero-order chi connectivity index (χ0) is 41.8. The minimum absolute atomic E-state index is 0.0139. The normalized spacial score (nSPS) is 14.5. The van der Waals surface area contributed by atoms with Gasteiger partial charge in [-0.25, -0.2) is 4.79 Å². The number of aryl methyl sites for hydroxylation is 3. The molecule has 16 nitrogen and oxygen atoms in total. The molecule has 1 fully saturated rings. The fourth-order valence-corrected chi connectivity index (χ4v) is 7.31. The highest BCUT2D eigenvalue weighted by Gasteiger charge is 2.31. The van der Waals surface area contributed by atoms with Gasteiger partial charge in [0.05, 0.1) is 49.5 Å². The summed E-state index contributed by atoms with van der Waals surface area (Å²) in [6.45, 7) is 0.930. The van der Waals surface area contributed by atoms with Crippen LogP contribution in [-0.2, 0) is 30.7 Å². The van der Waals surface area contributed by atoms with E-state index in [0.717, 1.165) is 30.4 Å². The van der Waals surface area contributed by atoms with Crippen LogP contribution < -0.4 is 25.4 Å². The molecule has 16 heteroatoms. The van der Waals surface area contributed by atoms with E-state index in [9.17, 15) is 24.0 Å². The van der Waals surface area contributed by atoms with Crippen LogP contribution in [0.1, 0.15) is 73.9 Å². The molecule has 0 saturated carbocycles. The Morgan fingerprint density at radius 1 is 0.746 bits per heavy atom. The summed E-state index contributed by atoms with van der Waals surface area (Å²) in [5.74, 6) is -0.645. The Hall–Kier alpha value is -7.10. The molecule has 5 aromatic rings. The lowest BCUT2D eigenvalue weighted by atomic mass is 10.0. The van der Waals surface area contributed by atoms with Gasteiger partial charge >= 0.3 is 5.97 Å². The van der Waals surface area contributed by atoms with E-state index in [0.29, 0.717) is 69.9 Å². The Labute approximate surface area is 340 Å². The number of hydrogen-bond acceptors (Lipinski definition) is 9. The van der Waals surface area contributed by atoms with Crippen LogP contribution in [0.2, 0.25) is 0 Å². The zero-order valence-electron chi connectivity index (χ0n) is 33.5. The third-order valence-corrected chi connectivity index (χ3v) is 10.4. The number of amides is 4. The molecule has 7 rings (SSSR count). The number of piperidine rings is 1. The minimum atomic E-state index is -0.506. The molecule has 3 N–H and O–H groups in total. The fraction of sp³-hybridized carbons (Fsp3) is 0.302. The van der Waals surface area contributed by atoms with Crippen LogP contribution in [-0.4, -0.2) is 87.8 Å². The maximum Gasteiger partial charge on any atom is 0.354 e. The smallest absolute Gasteiger partial charge is 0.354 e. The van der Waals surface area contributed by atoms with Gasteiger partial charge in [0.2, 0.25) is 5.91 Å². The van der Waals surface area contributed by atoms with E-state index in [1.807, 2.05) is 29.4 Å². The lowest BCUT2D eigenvalue weighted by molar-refractivity contribution is -0.116. The number of rotatable bonds is 13. The first-order valence-corrected chi connectivity index (χ1v) is 19.2. The van der Waals surface area contributed by atoms with Gasteiger partial charge in [0.15, 0.2) is 11.5 Å². The lowest BCUT2D eigenvalue weighted by Crippen LogP contribution is -2.43. The number of carbonyl (C=O) groups is 5. The lowest BCUT2D eigenvalue weighted by Gasteiger charge is -2.32. The largest absolute Gasteiger partial charge is 0.493 e. The van der Waals surface area contributed by atoms with Gasteiger partial charge in [0.1, 0.15) is 17.1 Å². The summed E-state index contributed by atoms with van der Waals surface area (Å²) < 4.78 is 21.2. The Morgan fingerprint density at radius 3 is 2.14 bits per heavy atom. The van der Waals surface area contributed by atoms with E-state index in [1.54, 1.807) is 89.7 Å². The summed E-state index contributed by atoms with van der Waals surface area (Å²) in [4.78, 5) is 70.9. The Morgan fingerprint density at radius 2 is 1.41 bits per heavy atom. The van der Waals surface area contributed by atoms with Gasteiger partial charge in [-0.2, -0.15) is 0 Å². The van der Waals surface area contributed by atoms with Crippen molar-refractivity contribution in [2.75, 3.05) is 43.3 Å². The van der Waals surface area contributed by atoms with Crippen molar-refractivity contribution in [3.05, 3.63) is 95.8 Å². The summed E-state index contributed by atoms with van der Waals surface area (Å²) in [6, 6.07) is 15.5. The number of esters is 1.